The summed E-state index contributed by atoms with van der Waals surface area (Å²) in [6, 6.07) is -0.929. The summed E-state index contributed by atoms with van der Waals surface area (Å²) >= 11 is 0. The van der Waals surface area contributed by atoms with Crippen LogP contribution in [0.15, 0.2) is 0 Å². The van der Waals surface area contributed by atoms with Crippen LogP contribution in [0, 0.1) is 41.9 Å². The first-order chi connectivity index (χ1) is 8.63. The van der Waals surface area contributed by atoms with Gasteiger partial charge in [-0.25, -0.2) is 4.79 Å². The quantitative estimate of drug-likeness (QED) is 0.724. The number of terminal acetylenes is 1. The minimum absolute atomic E-state index is 0.0516. The zero-order valence-corrected chi connectivity index (χ0v) is 10.1. The molecule has 3 fully saturated rings. The van der Waals surface area contributed by atoms with Crippen molar-refractivity contribution in [3.63, 3.8) is 0 Å². The fourth-order valence-electron chi connectivity index (χ4n) is 4.26. The lowest BCUT2D eigenvalue weighted by atomic mass is 10.0. The molecule has 3 aliphatic rings. The first kappa shape index (κ1) is 11.6. The molecular formula is C14H17NO3. The van der Waals surface area contributed by atoms with Gasteiger partial charge < -0.3 is 10.4 Å². The van der Waals surface area contributed by atoms with Gasteiger partial charge in [0.15, 0.2) is 0 Å². The Kier molecular flexibility index (Phi) is 2.58. The number of hydrogen-bond donors (Lipinski definition) is 2. The third kappa shape index (κ3) is 1.61. The number of carbonyl (C=O) groups is 2. The van der Waals surface area contributed by atoms with Crippen molar-refractivity contribution in [2.75, 3.05) is 0 Å². The molecule has 2 N–H and O–H groups in total. The molecule has 2 bridgehead atoms. The van der Waals surface area contributed by atoms with Crippen LogP contribution in [-0.4, -0.2) is 23.0 Å². The molecule has 0 aromatic rings. The molecule has 0 radical (unpaired) electrons. The average molecular weight is 247 g/mol. The van der Waals surface area contributed by atoms with Crippen molar-refractivity contribution in [1.82, 2.24) is 5.32 Å². The van der Waals surface area contributed by atoms with Gasteiger partial charge in [-0.1, -0.05) is 0 Å². The molecule has 0 heterocycles. The van der Waals surface area contributed by atoms with E-state index in [4.69, 9.17) is 11.5 Å². The maximum absolute atomic E-state index is 12.1. The van der Waals surface area contributed by atoms with Crippen LogP contribution in [0.5, 0.6) is 0 Å². The van der Waals surface area contributed by atoms with Gasteiger partial charge in [0.2, 0.25) is 5.91 Å². The lowest BCUT2D eigenvalue weighted by molar-refractivity contribution is -0.142. The molecule has 4 heteroatoms. The molecule has 96 valence electrons. The van der Waals surface area contributed by atoms with Crippen LogP contribution in [-0.2, 0) is 9.59 Å². The van der Waals surface area contributed by atoms with E-state index < -0.39 is 12.0 Å². The summed E-state index contributed by atoms with van der Waals surface area (Å²) in [5.74, 6) is 3.72. The molecule has 1 amide bonds. The highest BCUT2D eigenvalue weighted by Gasteiger charge is 2.67. The predicted octanol–water partition coefficient (Wildman–Crippen LogP) is 0.871. The van der Waals surface area contributed by atoms with Crippen LogP contribution in [0.2, 0.25) is 0 Å². The number of carboxylic acids is 1. The summed E-state index contributed by atoms with van der Waals surface area (Å²) in [5, 5.41) is 11.6. The molecule has 0 aromatic heterocycles. The molecule has 5 atom stereocenters. The van der Waals surface area contributed by atoms with E-state index in [2.05, 4.69) is 11.2 Å². The van der Waals surface area contributed by atoms with Crippen molar-refractivity contribution in [3.8, 4) is 12.3 Å². The number of fused-ring (bicyclic) bond motifs is 5. The molecule has 0 aromatic carbocycles. The summed E-state index contributed by atoms with van der Waals surface area (Å²) in [4.78, 5) is 23.0. The van der Waals surface area contributed by atoms with Crippen molar-refractivity contribution in [3.05, 3.63) is 0 Å². The second-order valence-corrected chi connectivity index (χ2v) is 5.82. The van der Waals surface area contributed by atoms with Crippen molar-refractivity contribution in [2.24, 2.45) is 29.6 Å². The fourth-order valence-corrected chi connectivity index (χ4v) is 4.26. The Balaban J connectivity index is 1.60. The molecule has 18 heavy (non-hydrogen) atoms. The first-order valence-corrected chi connectivity index (χ1v) is 6.60. The Hall–Kier alpha value is -1.50. The molecule has 0 spiro atoms. The molecule has 0 saturated heterocycles. The highest BCUT2D eigenvalue weighted by molar-refractivity contribution is 5.87. The van der Waals surface area contributed by atoms with Crippen LogP contribution >= 0.6 is 0 Å². The van der Waals surface area contributed by atoms with E-state index in [9.17, 15) is 9.59 Å². The SMILES string of the molecule is C#CCC(NC(=O)C1C2C3CCC(C3)C12)C(=O)O. The van der Waals surface area contributed by atoms with E-state index in [-0.39, 0.29) is 18.2 Å². The molecule has 3 saturated carbocycles. The number of nitrogens with one attached hydrogen (secondary N) is 1. The number of carboxylic acid groups (broad SMARTS) is 1. The Morgan fingerprint density at radius 2 is 1.94 bits per heavy atom. The minimum Gasteiger partial charge on any atom is -0.480 e. The Bertz CT molecular complexity index is 423. The Labute approximate surface area is 106 Å². The molecule has 5 unspecified atom stereocenters. The number of amides is 1. The highest BCUT2D eigenvalue weighted by Crippen LogP contribution is 2.69. The number of rotatable bonds is 4. The van der Waals surface area contributed by atoms with Crippen LogP contribution in [0.4, 0.5) is 0 Å². The van der Waals surface area contributed by atoms with Gasteiger partial charge in [0.05, 0.1) is 0 Å². The second kappa shape index (κ2) is 4.01. The van der Waals surface area contributed by atoms with Gasteiger partial charge in [0.1, 0.15) is 6.04 Å². The van der Waals surface area contributed by atoms with E-state index in [0.717, 1.165) is 0 Å². The van der Waals surface area contributed by atoms with Crippen molar-refractivity contribution in [1.29, 1.82) is 0 Å². The number of carbonyl (C=O) groups excluding carboxylic acids is 1. The molecule has 0 aliphatic heterocycles. The van der Waals surface area contributed by atoms with Crippen LogP contribution in [0.1, 0.15) is 25.7 Å². The molecule has 3 aliphatic carbocycles. The van der Waals surface area contributed by atoms with Gasteiger partial charge in [-0.15, -0.1) is 12.3 Å². The Morgan fingerprint density at radius 3 is 2.44 bits per heavy atom. The monoisotopic (exact) mass is 247 g/mol. The average Bonchev–Trinajstić information content (AvgIpc) is 2.78. The third-order valence-electron chi connectivity index (χ3n) is 4.97. The van der Waals surface area contributed by atoms with E-state index in [0.29, 0.717) is 23.7 Å². The van der Waals surface area contributed by atoms with E-state index in [1.807, 2.05) is 0 Å². The Morgan fingerprint density at radius 1 is 1.33 bits per heavy atom. The molecule has 3 rings (SSSR count). The fraction of sp³-hybridized carbons (Fsp3) is 0.714. The summed E-state index contributed by atoms with van der Waals surface area (Å²) in [6.07, 6.45) is 8.96. The zero-order chi connectivity index (χ0) is 12.9. The van der Waals surface area contributed by atoms with E-state index in [1.165, 1.54) is 19.3 Å². The van der Waals surface area contributed by atoms with Gasteiger partial charge in [-0.2, -0.15) is 0 Å². The first-order valence-electron chi connectivity index (χ1n) is 6.60. The van der Waals surface area contributed by atoms with Crippen molar-refractivity contribution < 1.29 is 14.7 Å². The summed E-state index contributed by atoms with van der Waals surface area (Å²) in [7, 11) is 0. The van der Waals surface area contributed by atoms with Crippen LogP contribution in [0.25, 0.3) is 0 Å². The normalized spacial score (nSPS) is 40.7. The van der Waals surface area contributed by atoms with Crippen LogP contribution < -0.4 is 5.32 Å². The van der Waals surface area contributed by atoms with Gasteiger partial charge in [0.25, 0.3) is 0 Å². The minimum atomic E-state index is -1.05. The largest absolute Gasteiger partial charge is 0.480 e. The van der Waals surface area contributed by atoms with E-state index >= 15 is 0 Å². The zero-order valence-electron chi connectivity index (χ0n) is 10.1. The maximum Gasteiger partial charge on any atom is 0.327 e. The second-order valence-electron chi connectivity index (χ2n) is 5.82. The summed E-state index contributed by atoms with van der Waals surface area (Å²) in [5.41, 5.74) is 0. The molecule has 4 nitrogen and oxygen atoms in total. The lowest BCUT2D eigenvalue weighted by Crippen LogP contribution is -2.42. The van der Waals surface area contributed by atoms with Gasteiger partial charge in [-0.05, 0) is 42.9 Å². The summed E-state index contributed by atoms with van der Waals surface area (Å²) in [6.45, 7) is 0. The topological polar surface area (TPSA) is 66.4 Å². The van der Waals surface area contributed by atoms with Crippen LogP contribution in [0.3, 0.4) is 0 Å². The van der Waals surface area contributed by atoms with Crippen molar-refractivity contribution >= 4 is 11.9 Å². The standard InChI is InChI=1S/C14H17NO3/c1-2-3-9(14(17)18)15-13(16)12-10-7-4-5-8(6-7)11(10)12/h1,7-12H,3-6H2,(H,15,16)(H,17,18). The molecular weight excluding hydrogens is 230 g/mol. The van der Waals surface area contributed by atoms with Gasteiger partial charge in [0, 0.05) is 12.3 Å². The lowest BCUT2D eigenvalue weighted by Gasteiger charge is -2.14. The third-order valence-corrected chi connectivity index (χ3v) is 4.97. The number of hydrogen-bond acceptors (Lipinski definition) is 2. The predicted molar refractivity (Wildman–Crippen MR) is 64.3 cm³/mol. The van der Waals surface area contributed by atoms with Gasteiger partial charge >= 0.3 is 5.97 Å². The van der Waals surface area contributed by atoms with Crippen molar-refractivity contribution in [2.45, 2.75) is 31.7 Å². The van der Waals surface area contributed by atoms with E-state index in [1.54, 1.807) is 0 Å². The highest BCUT2D eigenvalue weighted by atomic mass is 16.4. The smallest absolute Gasteiger partial charge is 0.327 e. The van der Waals surface area contributed by atoms with Gasteiger partial charge in [-0.3, -0.25) is 4.79 Å². The maximum atomic E-state index is 12.1. The number of aliphatic carboxylic acids is 1. The summed E-state index contributed by atoms with van der Waals surface area (Å²) < 4.78 is 0.